The van der Waals surface area contributed by atoms with Gasteiger partial charge in [0.15, 0.2) is 0 Å². The number of hydrogen-bond donors (Lipinski definition) is 2. The molecule has 2 aromatic carbocycles. The fourth-order valence-electron chi connectivity index (χ4n) is 3.71. The number of rotatable bonds is 7. The first kappa shape index (κ1) is 21.3. The molecule has 1 atom stereocenters. The van der Waals surface area contributed by atoms with Gasteiger partial charge in [0, 0.05) is 19.6 Å². The standard InChI is InChI=1S/C23H28ClN3O2/c1-17-7-6-12-27(15-17)16-19-9-3-2-8-18(19)13-25-22(28)14-26-23(29)20-10-4-5-11-21(20)24/h2-5,8-11,17H,6-7,12-16H2,1H3,(H,25,28)(H,26,29). The molecule has 5 nitrogen and oxygen atoms in total. The van der Waals surface area contributed by atoms with Crippen LogP contribution in [-0.2, 0) is 17.9 Å². The summed E-state index contributed by atoms with van der Waals surface area (Å²) in [4.78, 5) is 26.9. The number of amides is 2. The molecule has 0 bridgehead atoms. The predicted octanol–water partition coefficient (Wildman–Crippen LogP) is 3.62. The van der Waals surface area contributed by atoms with Gasteiger partial charge >= 0.3 is 0 Å². The Hall–Kier alpha value is -2.37. The van der Waals surface area contributed by atoms with Crippen LogP contribution in [0, 0.1) is 5.92 Å². The van der Waals surface area contributed by atoms with Gasteiger partial charge in [-0.15, -0.1) is 0 Å². The van der Waals surface area contributed by atoms with Crippen LogP contribution in [0.25, 0.3) is 0 Å². The van der Waals surface area contributed by atoms with Crippen molar-refractivity contribution in [2.24, 2.45) is 5.92 Å². The van der Waals surface area contributed by atoms with Gasteiger partial charge < -0.3 is 10.6 Å². The number of carbonyl (C=O) groups is 2. The average Bonchev–Trinajstić information content (AvgIpc) is 2.72. The van der Waals surface area contributed by atoms with E-state index < -0.39 is 0 Å². The molecule has 2 aromatic rings. The maximum absolute atomic E-state index is 12.2. The summed E-state index contributed by atoms with van der Waals surface area (Å²) >= 11 is 6.02. The van der Waals surface area contributed by atoms with E-state index >= 15 is 0 Å². The highest BCUT2D eigenvalue weighted by molar-refractivity contribution is 6.33. The van der Waals surface area contributed by atoms with Gasteiger partial charge in [-0.3, -0.25) is 14.5 Å². The minimum Gasteiger partial charge on any atom is -0.350 e. The van der Waals surface area contributed by atoms with E-state index in [1.165, 1.54) is 18.4 Å². The summed E-state index contributed by atoms with van der Waals surface area (Å²) < 4.78 is 0. The largest absolute Gasteiger partial charge is 0.350 e. The molecule has 1 unspecified atom stereocenters. The topological polar surface area (TPSA) is 61.4 Å². The van der Waals surface area contributed by atoms with Crippen molar-refractivity contribution in [3.63, 3.8) is 0 Å². The van der Waals surface area contributed by atoms with E-state index in [0.717, 1.165) is 31.1 Å². The Kier molecular flexibility index (Phi) is 7.67. The minimum absolute atomic E-state index is 0.0874. The highest BCUT2D eigenvalue weighted by atomic mass is 35.5. The Bertz CT molecular complexity index is 856. The number of carbonyl (C=O) groups excluding carboxylic acids is 2. The third kappa shape index (κ3) is 6.31. The number of hydrogen-bond acceptors (Lipinski definition) is 3. The number of nitrogens with one attached hydrogen (secondary N) is 2. The Morgan fingerprint density at radius 3 is 2.55 bits per heavy atom. The van der Waals surface area contributed by atoms with E-state index in [0.29, 0.717) is 17.1 Å². The lowest BCUT2D eigenvalue weighted by molar-refractivity contribution is -0.120. The molecule has 1 fully saturated rings. The van der Waals surface area contributed by atoms with Gasteiger partial charge in [0.2, 0.25) is 5.91 Å². The molecular formula is C23H28ClN3O2. The molecule has 1 aliphatic rings. The van der Waals surface area contributed by atoms with Crippen molar-refractivity contribution in [1.29, 1.82) is 0 Å². The van der Waals surface area contributed by atoms with Crippen LogP contribution in [-0.4, -0.2) is 36.3 Å². The van der Waals surface area contributed by atoms with E-state index in [1.54, 1.807) is 24.3 Å². The second kappa shape index (κ2) is 10.4. The Balaban J connectivity index is 1.50. The lowest BCUT2D eigenvalue weighted by Crippen LogP contribution is -2.37. The molecule has 2 amide bonds. The maximum atomic E-state index is 12.2. The fraction of sp³-hybridized carbons (Fsp3) is 0.391. The third-order valence-corrected chi connectivity index (χ3v) is 5.59. The monoisotopic (exact) mass is 413 g/mol. The summed E-state index contributed by atoms with van der Waals surface area (Å²) in [6.45, 7) is 5.80. The first-order valence-electron chi connectivity index (χ1n) is 10.1. The van der Waals surface area contributed by atoms with Crippen LogP contribution in [0.15, 0.2) is 48.5 Å². The molecule has 29 heavy (non-hydrogen) atoms. The molecule has 1 heterocycles. The molecule has 0 aromatic heterocycles. The van der Waals surface area contributed by atoms with Crippen molar-refractivity contribution >= 4 is 23.4 Å². The molecule has 0 radical (unpaired) electrons. The second-order valence-corrected chi connectivity index (χ2v) is 8.10. The van der Waals surface area contributed by atoms with Gasteiger partial charge in [-0.05, 0) is 48.6 Å². The van der Waals surface area contributed by atoms with Crippen molar-refractivity contribution in [3.05, 3.63) is 70.2 Å². The summed E-state index contributed by atoms with van der Waals surface area (Å²) in [5, 5.41) is 5.89. The molecule has 0 spiro atoms. The molecule has 2 N–H and O–H groups in total. The molecule has 0 aliphatic carbocycles. The lowest BCUT2D eigenvalue weighted by atomic mass is 9.99. The zero-order valence-electron chi connectivity index (χ0n) is 16.8. The van der Waals surface area contributed by atoms with E-state index in [4.69, 9.17) is 11.6 Å². The van der Waals surface area contributed by atoms with Crippen LogP contribution in [0.1, 0.15) is 41.3 Å². The highest BCUT2D eigenvalue weighted by Gasteiger charge is 2.17. The van der Waals surface area contributed by atoms with Gasteiger partial charge in [-0.1, -0.05) is 54.9 Å². The van der Waals surface area contributed by atoms with Crippen molar-refractivity contribution in [1.82, 2.24) is 15.5 Å². The molecule has 154 valence electrons. The van der Waals surface area contributed by atoms with E-state index in [-0.39, 0.29) is 18.4 Å². The molecule has 6 heteroatoms. The van der Waals surface area contributed by atoms with Crippen LogP contribution >= 0.6 is 11.6 Å². The fourth-order valence-corrected chi connectivity index (χ4v) is 3.93. The summed E-state index contributed by atoms with van der Waals surface area (Å²) in [5.74, 6) is 0.148. The van der Waals surface area contributed by atoms with Crippen LogP contribution in [0.4, 0.5) is 0 Å². The quantitative estimate of drug-likeness (QED) is 0.728. The number of likely N-dealkylation sites (tertiary alicyclic amines) is 1. The van der Waals surface area contributed by atoms with Crippen LogP contribution in [0.2, 0.25) is 5.02 Å². The van der Waals surface area contributed by atoms with Crippen molar-refractivity contribution in [3.8, 4) is 0 Å². The minimum atomic E-state index is -0.356. The SMILES string of the molecule is CC1CCCN(Cc2ccccc2CNC(=O)CNC(=O)c2ccccc2Cl)C1. The first-order chi connectivity index (χ1) is 14.0. The molecule has 1 aliphatic heterocycles. The van der Waals surface area contributed by atoms with Crippen molar-refractivity contribution in [2.45, 2.75) is 32.9 Å². The van der Waals surface area contributed by atoms with Gasteiger partial charge in [-0.25, -0.2) is 0 Å². The molecular weight excluding hydrogens is 386 g/mol. The average molecular weight is 414 g/mol. The smallest absolute Gasteiger partial charge is 0.253 e. The number of benzene rings is 2. The summed E-state index contributed by atoms with van der Waals surface area (Å²) in [5.41, 5.74) is 2.71. The lowest BCUT2D eigenvalue weighted by Gasteiger charge is -2.31. The molecule has 0 saturated carbocycles. The van der Waals surface area contributed by atoms with E-state index in [1.807, 2.05) is 18.2 Å². The van der Waals surface area contributed by atoms with E-state index in [9.17, 15) is 9.59 Å². The summed E-state index contributed by atoms with van der Waals surface area (Å²) in [6, 6.07) is 15.0. The van der Waals surface area contributed by atoms with Gasteiger partial charge in [0.05, 0.1) is 17.1 Å². The Morgan fingerprint density at radius 1 is 1.07 bits per heavy atom. The number of halogens is 1. The number of nitrogens with zero attached hydrogens (tertiary/aromatic N) is 1. The molecule has 1 saturated heterocycles. The highest BCUT2D eigenvalue weighted by Crippen LogP contribution is 2.19. The summed E-state index contributed by atoms with van der Waals surface area (Å²) in [6.07, 6.45) is 2.54. The second-order valence-electron chi connectivity index (χ2n) is 7.69. The van der Waals surface area contributed by atoms with E-state index in [2.05, 4.69) is 28.5 Å². The number of piperidine rings is 1. The van der Waals surface area contributed by atoms with Crippen LogP contribution in [0.3, 0.4) is 0 Å². The normalized spacial score (nSPS) is 17.0. The zero-order valence-corrected chi connectivity index (χ0v) is 17.5. The zero-order chi connectivity index (χ0) is 20.6. The summed E-state index contributed by atoms with van der Waals surface area (Å²) in [7, 11) is 0. The first-order valence-corrected chi connectivity index (χ1v) is 10.5. The predicted molar refractivity (Wildman–Crippen MR) is 116 cm³/mol. The Morgan fingerprint density at radius 2 is 1.79 bits per heavy atom. The third-order valence-electron chi connectivity index (χ3n) is 5.26. The van der Waals surface area contributed by atoms with Gasteiger partial charge in [0.1, 0.15) is 0 Å². The maximum Gasteiger partial charge on any atom is 0.253 e. The van der Waals surface area contributed by atoms with Gasteiger partial charge in [-0.2, -0.15) is 0 Å². The van der Waals surface area contributed by atoms with Crippen LogP contribution < -0.4 is 10.6 Å². The Labute approximate surface area is 177 Å². The molecule has 3 rings (SSSR count). The van der Waals surface area contributed by atoms with Crippen LogP contribution in [0.5, 0.6) is 0 Å². The van der Waals surface area contributed by atoms with Crippen molar-refractivity contribution < 1.29 is 9.59 Å². The van der Waals surface area contributed by atoms with Crippen molar-refractivity contribution in [2.75, 3.05) is 19.6 Å². The van der Waals surface area contributed by atoms with Gasteiger partial charge in [0.25, 0.3) is 5.91 Å².